The molecule has 2 rings (SSSR count). The van der Waals surface area contributed by atoms with Gasteiger partial charge in [-0.05, 0) is 18.4 Å². The zero-order valence-electron chi connectivity index (χ0n) is 9.08. The first kappa shape index (κ1) is 11.1. The van der Waals surface area contributed by atoms with Crippen LogP contribution in [-0.2, 0) is 11.3 Å². The molecular weight excluding hydrogens is 205 g/mol. The minimum Gasteiger partial charge on any atom is -0.377 e. The van der Waals surface area contributed by atoms with Crippen molar-refractivity contribution in [3.8, 4) is 6.07 Å². The highest BCUT2D eigenvalue weighted by Crippen LogP contribution is 2.32. The van der Waals surface area contributed by atoms with Crippen LogP contribution in [0.4, 0.5) is 4.39 Å². The average molecular weight is 219 g/mol. The summed E-state index contributed by atoms with van der Waals surface area (Å²) >= 11 is 0. The molecule has 0 atom stereocenters. The van der Waals surface area contributed by atoms with E-state index in [2.05, 4.69) is 0 Å². The molecule has 1 fully saturated rings. The second kappa shape index (κ2) is 5.09. The largest absolute Gasteiger partial charge is 0.377 e. The Hall–Kier alpha value is -1.40. The Bertz CT molecular complexity index is 407. The second-order valence-electron chi connectivity index (χ2n) is 4.18. The Balaban J connectivity index is 1.85. The third-order valence-corrected chi connectivity index (χ3v) is 2.82. The summed E-state index contributed by atoms with van der Waals surface area (Å²) < 4.78 is 19.0. The molecule has 0 bridgehead atoms. The highest BCUT2D eigenvalue weighted by atomic mass is 19.1. The average Bonchev–Trinajstić information content (AvgIpc) is 3.10. The zero-order valence-corrected chi connectivity index (χ0v) is 9.08. The fourth-order valence-corrected chi connectivity index (χ4v) is 1.62. The molecule has 0 spiro atoms. The molecular formula is C13H14FNO. The van der Waals surface area contributed by atoms with Crippen LogP contribution in [0.25, 0.3) is 0 Å². The maximum absolute atomic E-state index is 13.6. The van der Waals surface area contributed by atoms with E-state index in [1.54, 1.807) is 12.1 Å². The maximum atomic E-state index is 13.6. The molecule has 0 aliphatic heterocycles. The zero-order chi connectivity index (χ0) is 11.4. The van der Waals surface area contributed by atoms with Crippen LogP contribution in [0.2, 0.25) is 0 Å². The lowest BCUT2D eigenvalue weighted by Gasteiger charge is -2.05. The number of nitrogens with zero attached hydrogens (tertiary/aromatic N) is 1. The number of nitriles is 1. The van der Waals surface area contributed by atoms with Crippen molar-refractivity contribution < 1.29 is 9.13 Å². The highest BCUT2D eigenvalue weighted by Gasteiger charge is 2.20. The number of rotatable bonds is 5. The fourth-order valence-electron chi connectivity index (χ4n) is 1.62. The minimum atomic E-state index is -0.448. The SMILES string of the molecule is N#Cc1cccc(COCCC2CC2)c1F. The number of ether oxygens (including phenoxy) is 1. The van der Waals surface area contributed by atoms with Gasteiger partial charge in [0.1, 0.15) is 11.9 Å². The molecule has 0 heterocycles. The van der Waals surface area contributed by atoms with E-state index in [0.29, 0.717) is 12.2 Å². The molecule has 84 valence electrons. The standard InChI is InChI=1S/C13H14FNO/c14-13-11(8-15)2-1-3-12(13)9-16-7-6-10-4-5-10/h1-3,10H,4-7,9H2. The molecule has 0 radical (unpaired) electrons. The van der Waals surface area contributed by atoms with Crippen molar-refractivity contribution in [2.45, 2.75) is 25.9 Å². The first-order valence-corrected chi connectivity index (χ1v) is 5.56. The topological polar surface area (TPSA) is 33.0 Å². The first-order valence-electron chi connectivity index (χ1n) is 5.56. The molecule has 0 unspecified atom stereocenters. The summed E-state index contributed by atoms with van der Waals surface area (Å²) in [5.74, 6) is 0.381. The van der Waals surface area contributed by atoms with Gasteiger partial charge in [-0.3, -0.25) is 0 Å². The van der Waals surface area contributed by atoms with Gasteiger partial charge in [0.15, 0.2) is 0 Å². The Labute approximate surface area is 94.7 Å². The number of halogens is 1. The van der Waals surface area contributed by atoms with Crippen molar-refractivity contribution in [2.24, 2.45) is 5.92 Å². The van der Waals surface area contributed by atoms with E-state index >= 15 is 0 Å². The number of benzene rings is 1. The first-order chi connectivity index (χ1) is 7.81. The van der Waals surface area contributed by atoms with Gasteiger partial charge < -0.3 is 4.74 Å². The summed E-state index contributed by atoms with van der Waals surface area (Å²) in [5, 5.41) is 8.66. The van der Waals surface area contributed by atoms with Gasteiger partial charge in [-0.2, -0.15) is 5.26 Å². The van der Waals surface area contributed by atoms with Crippen LogP contribution in [0.15, 0.2) is 18.2 Å². The van der Waals surface area contributed by atoms with E-state index in [0.717, 1.165) is 12.3 Å². The highest BCUT2D eigenvalue weighted by molar-refractivity contribution is 5.34. The van der Waals surface area contributed by atoms with E-state index in [4.69, 9.17) is 10.00 Å². The molecule has 1 aromatic rings. The van der Waals surface area contributed by atoms with E-state index in [1.807, 2.05) is 6.07 Å². The van der Waals surface area contributed by atoms with Crippen molar-refractivity contribution in [1.82, 2.24) is 0 Å². The molecule has 1 aliphatic carbocycles. The summed E-state index contributed by atoms with van der Waals surface area (Å²) in [6, 6.07) is 6.64. The van der Waals surface area contributed by atoms with Crippen molar-refractivity contribution in [1.29, 1.82) is 5.26 Å². The van der Waals surface area contributed by atoms with Crippen molar-refractivity contribution in [3.63, 3.8) is 0 Å². The van der Waals surface area contributed by atoms with Gasteiger partial charge in [-0.25, -0.2) is 4.39 Å². The molecule has 16 heavy (non-hydrogen) atoms. The molecule has 1 aromatic carbocycles. The summed E-state index contributed by atoms with van der Waals surface area (Å²) in [6.45, 7) is 0.939. The lowest BCUT2D eigenvalue weighted by atomic mass is 10.1. The van der Waals surface area contributed by atoms with Crippen LogP contribution in [-0.4, -0.2) is 6.61 Å². The molecule has 1 saturated carbocycles. The summed E-state index contributed by atoms with van der Waals surface area (Å²) in [6.07, 6.45) is 3.68. The van der Waals surface area contributed by atoms with Gasteiger partial charge in [-0.1, -0.05) is 25.0 Å². The van der Waals surface area contributed by atoms with Crippen LogP contribution >= 0.6 is 0 Å². The van der Waals surface area contributed by atoms with Gasteiger partial charge in [0, 0.05) is 12.2 Å². The van der Waals surface area contributed by atoms with Crippen LogP contribution in [0.3, 0.4) is 0 Å². The summed E-state index contributed by atoms with van der Waals surface area (Å²) in [7, 11) is 0. The van der Waals surface area contributed by atoms with Gasteiger partial charge in [-0.15, -0.1) is 0 Å². The second-order valence-corrected chi connectivity index (χ2v) is 4.18. The molecule has 1 aliphatic rings. The van der Waals surface area contributed by atoms with Gasteiger partial charge >= 0.3 is 0 Å². The lowest BCUT2D eigenvalue weighted by Crippen LogP contribution is -2.00. The third-order valence-electron chi connectivity index (χ3n) is 2.82. The maximum Gasteiger partial charge on any atom is 0.146 e. The Kier molecular flexibility index (Phi) is 3.53. The lowest BCUT2D eigenvalue weighted by molar-refractivity contribution is 0.113. The molecule has 0 saturated heterocycles. The van der Waals surface area contributed by atoms with Crippen LogP contribution < -0.4 is 0 Å². The monoisotopic (exact) mass is 219 g/mol. The van der Waals surface area contributed by atoms with Crippen LogP contribution in [0, 0.1) is 23.1 Å². The van der Waals surface area contributed by atoms with Crippen LogP contribution in [0.1, 0.15) is 30.4 Å². The van der Waals surface area contributed by atoms with Crippen molar-refractivity contribution in [3.05, 3.63) is 35.1 Å². The molecule has 0 amide bonds. The molecule has 0 N–H and O–H groups in total. The summed E-state index contributed by atoms with van der Waals surface area (Å²) in [4.78, 5) is 0. The van der Waals surface area contributed by atoms with E-state index in [1.165, 1.54) is 18.9 Å². The predicted molar refractivity (Wildman–Crippen MR) is 58.1 cm³/mol. The normalized spacial score (nSPS) is 14.8. The Morgan fingerprint density at radius 3 is 2.94 bits per heavy atom. The predicted octanol–water partition coefficient (Wildman–Crippen LogP) is 3.01. The van der Waals surface area contributed by atoms with Crippen molar-refractivity contribution in [2.75, 3.05) is 6.61 Å². The fraction of sp³-hybridized carbons (Fsp3) is 0.462. The third kappa shape index (κ3) is 2.80. The van der Waals surface area contributed by atoms with Crippen molar-refractivity contribution >= 4 is 0 Å². The van der Waals surface area contributed by atoms with E-state index in [9.17, 15) is 4.39 Å². The Morgan fingerprint density at radius 1 is 1.44 bits per heavy atom. The molecule has 3 heteroatoms. The minimum absolute atomic E-state index is 0.0864. The smallest absolute Gasteiger partial charge is 0.146 e. The van der Waals surface area contributed by atoms with Crippen LogP contribution in [0.5, 0.6) is 0 Å². The molecule has 2 nitrogen and oxygen atoms in total. The van der Waals surface area contributed by atoms with E-state index < -0.39 is 5.82 Å². The molecule has 0 aromatic heterocycles. The number of hydrogen-bond donors (Lipinski definition) is 0. The van der Waals surface area contributed by atoms with Gasteiger partial charge in [0.25, 0.3) is 0 Å². The summed E-state index contributed by atoms with van der Waals surface area (Å²) in [5.41, 5.74) is 0.554. The van der Waals surface area contributed by atoms with Gasteiger partial charge in [0.2, 0.25) is 0 Å². The Morgan fingerprint density at radius 2 is 2.25 bits per heavy atom. The number of hydrogen-bond acceptors (Lipinski definition) is 2. The van der Waals surface area contributed by atoms with Gasteiger partial charge in [0.05, 0.1) is 12.2 Å². The quantitative estimate of drug-likeness (QED) is 0.713. The van der Waals surface area contributed by atoms with E-state index in [-0.39, 0.29) is 12.2 Å².